The second-order valence-electron chi connectivity index (χ2n) is 6.94. The summed E-state index contributed by atoms with van der Waals surface area (Å²) in [5.74, 6) is 1.09. The highest BCUT2D eigenvalue weighted by Crippen LogP contribution is 2.28. The van der Waals surface area contributed by atoms with Gasteiger partial charge in [0, 0.05) is 54.7 Å². The van der Waals surface area contributed by atoms with Crippen LogP contribution in [0, 0.1) is 0 Å². The molecule has 4 rings (SSSR count). The minimum Gasteiger partial charge on any atom is -0.379 e. The van der Waals surface area contributed by atoms with E-state index in [1.165, 1.54) is 21.6 Å². The third kappa shape index (κ3) is 2.97. The van der Waals surface area contributed by atoms with Crippen LogP contribution < -0.4 is 0 Å². The normalized spacial score (nSPS) is 16.8. The number of aromatic nitrogens is 3. The van der Waals surface area contributed by atoms with Crippen LogP contribution in [0.1, 0.15) is 19.7 Å². The highest BCUT2D eigenvalue weighted by atomic mass is 32.1. The summed E-state index contributed by atoms with van der Waals surface area (Å²) in [7, 11) is 0. The Balaban J connectivity index is 1.65. The lowest BCUT2D eigenvalue weighted by Crippen LogP contribution is -2.44. The maximum atomic E-state index is 5.46. The van der Waals surface area contributed by atoms with Gasteiger partial charge in [-0.3, -0.25) is 4.90 Å². The molecule has 2 aromatic heterocycles. The van der Waals surface area contributed by atoms with Crippen molar-refractivity contribution in [2.45, 2.75) is 19.3 Å². The maximum Gasteiger partial charge on any atom is 0.120 e. The van der Waals surface area contributed by atoms with Gasteiger partial charge in [0.05, 0.1) is 17.9 Å². The molecule has 1 aromatic carbocycles. The Bertz CT molecular complexity index is 832. The van der Waals surface area contributed by atoms with Gasteiger partial charge in [-0.25, -0.2) is 4.98 Å². The second-order valence-corrected chi connectivity index (χ2v) is 7.77. The molecule has 126 valence electrons. The van der Waals surface area contributed by atoms with E-state index in [0.717, 1.165) is 44.4 Å². The lowest BCUT2D eigenvalue weighted by atomic mass is 9.91. The Morgan fingerprint density at radius 1 is 1.25 bits per heavy atom. The van der Waals surface area contributed by atoms with Crippen molar-refractivity contribution < 1.29 is 4.74 Å². The molecule has 1 saturated heterocycles. The SMILES string of the molecule is CC(C)(CN1CCOCC1)c1nccn1-c1ccc2sncc2c1. The number of morpholine rings is 1. The monoisotopic (exact) mass is 342 g/mol. The molecule has 3 heterocycles. The van der Waals surface area contributed by atoms with E-state index < -0.39 is 0 Å². The first-order valence-corrected chi connectivity index (χ1v) is 9.10. The van der Waals surface area contributed by atoms with Crippen molar-refractivity contribution in [1.82, 2.24) is 18.8 Å². The molecule has 3 aromatic rings. The standard InChI is InChI=1S/C18H22N4OS/c1-18(2,13-21-7-9-23-10-8-21)17-19-5-6-22(17)15-3-4-16-14(11-15)12-20-24-16/h3-6,11-12H,7-10,13H2,1-2H3. The number of hydrogen-bond donors (Lipinski definition) is 0. The lowest BCUT2D eigenvalue weighted by molar-refractivity contribution is 0.0288. The number of nitrogens with zero attached hydrogens (tertiary/aromatic N) is 4. The average molecular weight is 342 g/mol. The van der Waals surface area contributed by atoms with Crippen molar-refractivity contribution in [2.75, 3.05) is 32.8 Å². The third-order valence-electron chi connectivity index (χ3n) is 4.58. The number of benzene rings is 1. The van der Waals surface area contributed by atoms with E-state index in [2.05, 4.69) is 57.1 Å². The molecule has 1 fully saturated rings. The van der Waals surface area contributed by atoms with Crippen molar-refractivity contribution in [3.8, 4) is 5.69 Å². The molecule has 0 radical (unpaired) electrons. The van der Waals surface area contributed by atoms with Crippen LogP contribution >= 0.6 is 11.5 Å². The average Bonchev–Trinajstić information content (AvgIpc) is 3.24. The molecular weight excluding hydrogens is 320 g/mol. The fraction of sp³-hybridized carbons (Fsp3) is 0.444. The number of fused-ring (bicyclic) bond motifs is 1. The van der Waals surface area contributed by atoms with E-state index in [-0.39, 0.29) is 5.41 Å². The van der Waals surface area contributed by atoms with Crippen LogP contribution in [0.3, 0.4) is 0 Å². The molecule has 0 amide bonds. The summed E-state index contributed by atoms with van der Waals surface area (Å²) in [6.07, 6.45) is 5.88. The van der Waals surface area contributed by atoms with Gasteiger partial charge in [-0.05, 0) is 29.7 Å². The molecule has 0 atom stereocenters. The first-order chi connectivity index (χ1) is 11.6. The van der Waals surface area contributed by atoms with E-state index in [4.69, 9.17) is 4.74 Å². The molecule has 0 spiro atoms. The molecular formula is C18H22N4OS. The first kappa shape index (κ1) is 15.7. The van der Waals surface area contributed by atoms with Crippen LogP contribution in [-0.2, 0) is 10.2 Å². The van der Waals surface area contributed by atoms with Gasteiger partial charge in [-0.15, -0.1) is 0 Å². The minimum atomic E-state index is -0.0390. The zero-order chi connectivity index (χ0) is 16.6. The van der Waals surface area contributed by atoms with Crippen molar-refractivity contribution in [1.29, 1.82) is 0 Å². The molecule has 6 heteroatoms. The molecule has 0 N–H and O–H groups in total. The fourth-order valence-electron chi connectivity index (χ4n) is 3.41. The Labute approximate surface area is 146 Å². The summed E-state index contributed by atoms with van der Waals surface area (Å²) < 4.78 is 13.2. The largest absolute Gasteiger partial charge is 0.379 e. The van der Waals surface area contributed by atoms with Crippen LogP contribution in [0.5, 0.6) is 0 Å². The van der Waals surface area contributed by atoms with Crippen LogP contribution in [0.4, 0.5) is 0 Å². The first-order valence-electron chi connectivity index (χ1n) is 8.32. The Hall–Kier alpha value is -1.76. The summed E-state index contributed by atoms with van der Waals surface area (Å²) >= 11 is 1.53. The highest BCUT2D eigenvalue weighted by molar-refractivity contribution is 7.13. The van der Waals surface area contributed by atoms with Crippen LogP contribution in [0.15, 0.2) is 36.8 Å². The second kappa shape index (κ2) is 6.27. The predicted octanol–water partition coefficient (Wildman–Crippen LogP) is 3.09. The van der Waals surface area contributed by atoms with Crippen molar-refractivity contribution in [3.05, 3.63) is 42.6 Å². The van der Waals surface area contributed by atoms with Gasteiger partial charge in [0.25, 0.3) is 0 Å². The number of ether oxygens (including phenoxy) is 1. The van der Waals surface area contributed by atoms with Gasteiger partial charge < -0.3 is 9.30 Å². The molecule has 1 aliphatic rings. The molecule has 5 nitrogen and oxygen atoms in total. The zero-order valence-electron chi connectivity index (χ0n) is 14.1. The Morgan fingerprint density at radius 3 is 2.92 bits per heavy atom. The maximum absolute atomic E-state index is 5.46. The Morgan fingerprint density at radius 2 is 2.08 bits per heavy atom. The summed E-state index contributed by atoms with van der Waals surface area (Å²) in [5, 5.41) is 1.18. The van der Waals surface area contributed by atoms with Crippen LogP contribution in [-0.4, -0.2) is 51.7 Å². The van der Waals surface area contributed by atoms with E-state index in [9.17, 15) is 0 Å². The zero-order valence-corrected chi connectivity index (χ0v) is 14.9. The molecule has 24 heavy (non-hydrogen) atoms. The van der Waals surface area contributed by atoms with Gasteiger partial charge in [0.15, 0.2) is 0 Å². The highest BCUT2D eigenvalue weighted by Gasteiger charge is 2.29. The minimum absolute atomic E-state index is 0.0390. The third-order valence-corrected chi connectivity index (χ3v) is 5.36. The number of hydrogen-bond acceptors (Lipinski definition) is 5. The molecule has 0 unspecified atom stereocenters. The van der Waals surface area contributed by atoms with Crippen LogP contribution in [0.2, 0.25) is 0 Å². The Kier molecular flexibility index (Phi) is 4.12. The van der Waals surface area contributed by atoms with Gasteiger partial charge in [-0.2, -0.15) is 4.37 Å². The van der Waals surface area contributed by atoms with E-state index >= 15 is 0 Å². The van der Waals surface area contributed by atoms with Gasteiger partial charge in [0.2, 0.25) is 0 Å². The summed E-state index contributed by atoms with van der Waals surface area (Å²) in [6.45, 7) is 9.17. The van der Waals surface area contributed by atoms with Gasteiger partial charge in [0.1, 0.15) is 5.82 Å². The van der Waals surface area contributed by atoms with Crippen molar-refractivity contribution >= 4 is 21.6 Å². The van der Waals surface area contributed by atoms with Crippen molar-refractivity contribution in [3.63, 3.8) is 0 Å². The van der Waals surface area contributed by atoms with Crippen molar-refractivity contribution in [2.24, 2.45) is 0 Å². The number of rotatable bonds is 4. The number of imidazole rings is 1. The quantitative estimate of drug-likeness (QED) is 0.731. The topological polar surface area (TPSA) is 43.2 Å². The van der Waals surface area contributed by atoms with E-state index in [1.807, 2.05) is 12.4 Å². The summed E-state index contributed by atoms with van der Waals surface area (Å²) in [6, 6.07) is 6.48. The predicted molar refractivity (Wildman–Crippen MR) is 97.0 cm³/mol. The van der Waals surface area contributed by atoms with Crippen LogP contribution in [0.25, 0.3) is 15.8 Å². The molecule has 0 aliphatic carbocycles. The van der Waals surface area contributed by atoms with E-state index in [1.54, 1.807) is 0 Å². The van der Waals surface area contributed by atoms with Gasteiger partial charge >= 0.3 is 0 Å². The molecule has 1 aliphatic heterocycles. The van der Waals surface area contributed by atoms with E-state index in [0.29, 0.717) is 0 Å². The smallest absolute Gasteiger partial charge is 0.120 e. The fourth-order valence-corrected chi connectivity index (χ4v) is 4.04. The lowest BCUT2D eigenvalue weighted by Gasteiger charge is -2.34. The molecule has 0 bridgehead atoms. The van der Waals surface area contributed by atoms with Gasteiger partial charge in [-0.1, -0.05) is 13.8 Å². The molecule has 0 saturated carbocycles. The summed E-state index contributed by atoms with van der Waals surface area (Å²) in [4.78, 5) is 7.16. The summed E-state index contributed by atoms with van der Waals surface area (Å²) in [5.41, 5.74) is 1.10.